The fourth-order valence-electron chi connectivity index (χ4n) is 1.15. The summed E-state index contributed by atoms with van der Waals surface area (Å²) in [4.78, 5) is 26.5. The van der Waals surface area contributed by atoms with E-state index in [4.69, 9.17) is 5.11 Å². The SMILES string of the molecule is CC(C)(CC(=O)Nc1cccnc1Br)C(=O)O. The third-order valence-electron chi connectivity index (χ3n) is 2.21. The highest BCUT2D eigenvalue weighted by molar-refractivity contribution is 9.10. The lowest BCUT2D eigenvalue weighted by Gasteiger charge is -2.18. The van der Waals surface area contributed by atoms with E-state index < -0.39 is 11.4 Å². The zero-order chi connectivity index (χ0) is 13.1. The Morgan fingerprint density at radius 3 is 2.71 bits per heavy atom. The van der Waals surface area contributed by atoms with Gasteiger partial charge in [-0.15, -0.1) is 0 Å². The van der Waals surface area contributed by atoms with Crippen molar-refractivity contribution >= 4 is 33.5 Å². The fraction of sp³-hybridized carbons (Fsp3) is 0.364. The molecule has 0 radical (unpaired) electrons. The summed E-state index contributed by atoms with van der Waals surface area (Å²) in [5, 5.41) is 11.5. The third-order valence-corrected chi connectivity index (χ3v) is 2.85. The number of carboxylic acid groups (broad SMARTS) is 1. The molecule has 1 aromatic rings. The van der Waals surface area contributed by atoms with Gasteiger partial charge < -0.3 is 10.4 Å². The van der Waals surface area contributed by atoms with Crippen LogP contribution >= 0.6 is 15.9 Å². The number of aliphatic carboxylic acids is 1. The Kier molecular flexibility index (Phi) is 4.22. The lowest BCUT2D eigenvalue weighted by Crippen LogP contribution is -2.29. The molecule has 0 aliphatic carbocycles. The molecule has 0 saturated carbocycles. The van der Waals surface area contributed by atoms with Crippen LogP contribution in [0, 0.1) is 5.41 Å². The van der Waals surface area contributed by atoms with E-state index in [2.05, 4.69) is 26.2 Å². The number of hydrogen-bond acceptors (Lipinski definition) is 3. The average molecular weight is 301 g/mol. The summed E-state index contributed by atoms with van der Waals surface area (Å²) in [6.07, 6.45) is 1.49. The normalized spacial score (nSPS) is 11.0. The van der Waals surface area contributed by atoms with Gasteiger partial charge in [-0.3, -0.25) is 9.59 Å². The van der Waals surface area contributed by atoms with Crippen LogP contribution < -0.4 is 5.32 Å². The Balaban J connectivity index is 2.69. The van der Waals surface area contributed by atoms with E-state index in [0.29, 0.717) is 10.3 Å². The van der Waals surface area contributed by atoms with Crippen molar-refractivity contribution in [2.45, 2.75) is 20.3 Å². The number of nitrogens with zero attached hydrogens (tertiary/aromatic N) is 1. The van der Waals surface area contributed by atoms with Crippen molar-refractivity contribution in [3.63, 3.8) is 0 Å². The number of amides is 1. The first kappa shape index (κ1) is 13.6. The summed E-state index contributed by atoms with van der Waals surface area (Å²) in [7, 11) is 0. The summed E-state index contributed by atoms with van der Waals surface area (Å²) in [5.41, 5.74) is -0.558. The van der Waals surface area contributed by atoms with Gasteiger partial charge in [0.1, 0.15) is 4.60 Å². The number of nitrogens with one attached hydrogen (secondary N) is 1. The van der Waals surface area contributed by atoms with Crippen LogP contribution in [0.4, 0.5) is 5.69 Å². The number of carboxylic acids is 1. The molecular weight excluding hydrogens is 288 g/mol. The first-order valence-corrected chi connectivity index (χ1v) is 5.76. The van der Waals surface area contributed by atoms with E-state index in [1.807, 2.05) is 0 Å². The second-order valence-corrected chi connectivity index (χ2v) is 5.01. The maximum Gasteiger partial charge on any atom is 0.309 e. The van der Waals surface area contributed by atoms with Gasteiger partial charge in [0.25, 0.3) is 0 Å². The molecule has 0 unspecified atom stereocenters. The smallest absolute Gasteiger partial charge is 0.309 e. The van der Waals surface area contributed by atoms with Gasteiger partial charge in [-0.25, -0.2) is 4.98 Å². The maximum absolute atomic E-state index is 11.7. The molecule has 6 heteroatoms. The van der Waals surface area contributed by atoms with Crippen LogP contribution in [0.2, 0.25) is 0 Å². The largest absolute Gasteiger partial charge is 0.481 e. The maximum atomic E-state index is 11.7. The van der Waals surface area contributed by atoms with Crippen molar-refractivity contribution in [1.29, 1.82) is 0 Å². The standard InChI is InChI=1S/C11H13BrN2O3/c1-11(2,10(16)17)6-8(15)14-7-4-3-5-13-9(7)12/h3-5H,6H2,1-2H3,(H,14,15)(H,16,17). The van der Waals surface area contributed by atoms with Crippen molar-refractivity contribution in [3.8, 4) is 0 Å². The van der Waals surface area contributed by atoms with Crippen molar-refractivity contribution < 1.29 is 14.7 Å². The predicted octanol–water partition coefficient (Wildman–Crippen LogP) is 2.28. The lowest BCUT2D eigenvalue weighted by atomic mass is 9.89. The summed E-state index contributed by atoms with van der Waals surface area (Å²) in [6.45, 7) is 3.01. The van der Waals surface area contributed by atoms with Gasteiger partial charge in [-0.2, -0.15) is 0 Å². The molecule has 1 heterocycles. The molecule has 92 valence electrons. The molecule has 0 aliphatic rings. The molecule has 0 spiro atoms. The molecule has 1 aromatic heterocycles. The number of aromatic nitrogens is 1. The molecule has 1 amide bonds. The Morgan fingerprint density at radius 1 is 1.53 bits per heavy atom. The number of halogens is 1. The Labute approximate surface area is 107 Å². The number of pyridine rings is 1. The average Bonchev–Trinajstić information content (AvgIpc) is 2.20. The number of anilines is 1. The molecule has 17 heavy (non-hydrogen) atoms. The highest BCUT2D eigenvalue weighted by Crippen LogP contribution is 2.23. The number of carbonyl (C=O) groups is 2. The molecule has 0 saturated heterocycles. The van der Waals surface area contributed by atoms with Crippen LogP contribution in [-0.2, 0) is 9.59 Å². The molecule has 0 atom stereocenters. The van der Waals surface area contributed by atoms with E-state index in [0.717, 1.165) is 0 Å². The molecule has 0 bridgehead atoms. The van der Waals surface area contributed by atoms with Crippen molar-refractivity contribution in [3.05, 3.63) is 22.9 Å². The van der Waals surface area contributed by atoms with Crippen LogP contribution in [-0.4, -0.2) is 22.0 Å². The Morgan fingerprint density at radius 2 is 2.18 bits per heavy atom. The highest BCUT2D eigenvalue weighted by Gasteiger charge is 2.30. The molecule has 0 fully saturated rings. The molecule has 0 aromatic carbocycles. The van der Waals surface area contributed by atoms with Gasteiger partial charge in [0, 0.05) is 12.6 Å². The second kappa shape index (κ2) is 5.27. The minimum Gasteiger partial charge on any atom is -0.481 e. The van der Waals surface area contributed by atoms with Crippen molar-refractivity contribution in [1.82, 2.24) is 4.98 Å². The topological polar surface area (TPSA) is 79.3 Å². The van der Waals surface area contributed by atoms with Crippen LogP contribution in [0.15, 0.2) is 22.9 Å². The van der Waals surface area contributed by atoms with Gasteiger partial charge in [0.15, 0.2) is 0 Å². The van der Waals surface area contributed by atoms with Crippen LogP contribution in [0.25, 0.3) is 0 Å². The minimum atomic E-state index is -1.08. The van der Waals surface area contributed by atoms with Gasteiger partial charge in [-0.1, -0.05) is 0 Å². The fourth-order valence-corrected chi connectivity index (χ4v) is 1.50. The van der Waals surface area contributed by atoms with Gasteiger partial charge in [0.05, 0.1) is 11.1 Å². The predicted molar refractivity (Wildman–Crippen MR) is 66.6 cm³/mol. The van der Waals surface area contributed by atoms with E-state index in [1.54, 1.807) is 18.3 Å². The second-order valence-electron chi connectivity index (χ2n) is 4.26. The molecule has 5 nitrogen and oxygen atoms in total. The van der Waals surface area contributed by atoms with E-state index in [-0.39, 0.29) is 12.3 Å². The van der Waals surface area contributed by atoms with E-state index >= 15 is 0 Å². The molecular formula is C11H13BrN2O3. The van der Waals surface area contributed by atoms with Crippen LogP contribution in [0.3, 0.4) is 0 Å². The zero-order valence-corrected chi connectivity index (χ0v) is 11.1. The van der Waals surface area contributed by atoms with E-state index in [9.17, 15) is 9.59 Å². The van der Waals surface area contributed by atoms with E-state index in [1.165, 1.54) is 13.8 Å². The third kappa shape index (κ3) is 3.81. The van der Waals surface area contributed by atoms with Crippen LogP contribution in [0.1, 0.15) is 20.3 Å². The molecule has 2 N–H and O–H groups in total. The first-order valence-electron chi connectivity index (χ1n) is 4.97. The van der Waals surface area contributed by atoms with Crippen LogP contribution in [0.5, 0.6) is 0 Å². The monoisotopic (exact) mass is 300 g/mol. The quantitative estimate of drug-likeness (QED) is 0.836. The minimum absolute atomic E-state index is 0.0936. The number of hydrogen-bond donors (Lipinski definition) is 2. The number of carbonyl (C=O) groups excluding carboxylic acids is 1. The first-order chi connectivity index (χ1) is 7.83. The van der Waals surface area contributed by atoms with Gasteiger partial charge in [0.2, 0.25) is 5.91 Å². The molecule has 0 aliphatic heterocycles. The highest BCUT2D eigenvalue weighted by atomic mass is 79.9. The Hall–Kier alpha value is -1.43. The summed E-state index contributed by atoms with van der Waals surface area (Å²) >= 11 is 3.19. The van der Waals surface area contributed by atoms with Crippen molar-refractivity contribution in [2.24, 2.45) is 5.41 Å². The summed E-state index contributed by atoms with van der Waals surface area (Å²) in [6, 6.07) is 3.37. The van der Waals surface area contributed by atoms with Gasteiger partial charge in [-0.05, 0) is 41.9 Å². The van der Waals surface area contributed by atoms with Crippen molar-refractivity contribution in [2.75, 3.05) is 5.32 Å². The Bertz CT molecular complexity index is 446. The van der Waals surface area contributed by atoms with Gasteiger partial charge >= 0.3 is 5.97 Å². The summed E-state index contributed by atoms with van der Waals surface area (Å²) < 4.78 is 0.515. The lowest BCUT2D eigenvalue weighted by molar-refractivity contribution is -0.148. The number of rotatable bonds is 4. The zero-order valence-electron chi connectivity index (χ0n) is 9.53. The summed E-state index contributed by atoms with van der Waals surface area (Å²) in [5.74, 6) is -1.36. The molecule has 1 rings (SSSR count).